The lowest BCUT2D eigenvalue weighted by Crippen LogP contribution is -2.36. The summed E-state index contributed by atoms with van der Waals surface area (Å²) in [5.74, 6) is 4.80. The van der Waals surface area contributed by atoms with E-state index in [1.165, 1.54) is 12.8 Å². The van der Waals surface area contributed by atoms with Crippen LogP contribution in [0.1, 0.15) is 47.0 Å². The highest BCUT2D eigenvalue weighted by Crippen LogP contribution is 2.35. The predicted octanol–water partition coefficient (Wildman–Crippen LogP) is 3.18. The molecule has 0 bridgehead atoms. The fraction of sp³-hybridized carbons (Fsp3) is 0.800. The van der Waals surface area contributed by atoms with E-state index in [-0.39, 0.29) is 6.10 Å². The van der Waals surface area contributed by atoms with Gasteiger partial charge in [0.2, 0.25) is 0 Å². The van der Waals surface area contributed by atoms with Crippen LogP contribution in [0.5, 0.6) is 0 Å². The van der Waals surface area contributed by atoms with Crippen LogP contribution >= 0.6 is 0 Å². The SMILES string of the molecule is C#CC(O[C@@H]1C[C@H](C)CC[C@H]1C(C)C)=[O+]CC. The molecule has 0 amide bonds. The molecule has 1 rings (SSSR count). The van der Waals surface area contributed by atoms with Gasteiger partial charge in [-0.1, -0.05) is 20.8 Å². The van der Waals surface area contributed by atoms with E-state index < -0.39 is 0 Å². The molecule has 0 spiro atoms. The minimum absolute atomic E-state index is 0.219. The Bertz CT molecular complexity index is 299. The monoisotopic (exact) mass is 237 g/mol. The van der Waals surface area contributed by atoms with Crippen LogP contribution in [0.15, 0.2) is 0 Å². The molecule has 1 aliphatic rings. The van der Waals surface area contributed by atoms with Gasteiger partial charge in [-0.2, -0.15) is 0 Å². The van der Waals surface area contributed by atoms with Crippen LogP contribution < -0.4 is 0 Å². The Kier molecular flexibility index (Phi) is 5.55. The minimum Gasteiger partial charge on any atom is -0.312 e. The number of esters is 1. The van der Waals surface area contributed by atoms with Gasteiger partial charge in [0.25, 0.3) is 0 Å². The van der Waals surface area contributed by atoms with Gasteiger partial charge in [-0.3, -0.25) is 0 Å². The van der Waals surface area contributed by atoms with E-state index in [2.05, 4.69) is 26.7 Å². The van der Waals surface area contributed by atoms with Crippen molar-refractivity contribution >= 4 is 5.97 Å². The van der Waals surface area contributed by atoms with E-state index in [1.54, 1.807) is 0 Å². The third-order valence-corrected chi connectivity index (χ3v) is 3.61. The van der Waals surface area contributed by atoms with E-state index in [4.69, 9.17) is 15.6 Å². The lowest BCUT2D eigenvalue weighted by molar-refractivity contribution is -0.462. The van der Waals surface area contributed by atoms with Gasteiger partial charge < -0.3 is 9.16 Å². The summed E-state index contributed by atoms with van der Waals surface area (Å²) in [6.45, 7) is 9.28. The molecule has 3 atom stereocenters. The summed E-state index contributed by atoms with van der Waals surface area (Å²) < 4.78 is 11.2. The Labute approximate surface area is 105 Å². The molecule has 0 aromatic carbocycles. The quantitative estimate of drug-likeness (QED) is 0.319. The Balaban J connectivity index is 2.70. The molecule has 1 saturated carbocycles. The second-order valence-electron chi connectivity index (χ2n) is 5.35. The minimum atomic E-state index is 0.219. The van der Waals surface area contributed by atoms with Gasteiger partial charge in [0.15, 0.2) is 12.7 Å². The summed E-state index contributed by atoms with van der Waals surface area (Å²) in [5, 5.41) is 0. The van der Waals surface area contributed by atoms with Crippen molar-refractivity contribution in [1.29, 1.82) is 0 Å². The lowest BCUT2D eigenvalue weighted by Gasteiger charge is -2.32. The van der Waals surface area contributed by atoms with Gasteiger partial charge >= 0.3 is 5.97 Å². The highest BCUT2D eigenvalue weighted by molar-refractivity contribution is 5.88. The summed E-state index contributed by atoms with van der Waals surface area (Å²) in [6, 6.07) is 0. The van der Waals surface area contributed by atoms with Crippen molar-refractivity contribution in [2.45, 2.75) is 53.1 Å². The van der Waals surface area contributed by atoms with Crippen LogP contribution in [0, 0.1) is 30.1 Å². The number of hydrogen-bond acceptors (Lipinski definition) is 1. The van der Waals surface area contributed by atoms with Crippen LogP contribution in [0.25, 0.3) is 0 Å². The average Bonchev–Trinajstić information content (AvgIpc) is 2.28. The first kappa shape index (κ1) is 14.1. The summed E-state index contributed by atoms with van der Waals surface area (Å²) in [5.41, 5.74) is 0. The van der Waals surface area contributed by atoms with Gasteiger partial charge in [-0.15, -0.1) is 6.42 Å². The topological polar surface area (TPSA) is 20.5 Å². The van der Waals surface area contributed by atoms with Crippen molar-refractivity contribution in [3.8, 4) is 12.3 Å². The highest BCUT2D eigenvalue weighted by atomic mass is 16.6. The first-order valence-corrected chi connectivity index (χ1v) is 6.71. The molecule has 17 heavy (non-hydrogen) atoms. The van der Waals surface area contributed by atoms with E-state index >= 15 is 0 Å². The summed E-state index contributed by atoms with van der Waals surface area (Å²) in [7, 11) is 0. The Morgan fingerprint density at radius 1 is 1.47 bits per heavy atom. The van der Waals surface area contributed by atoms with Gasteiger partial charge in [-0.25, -0.2) is 0 Å². The van der Waals surface area contributed by atoms with Gasteiger partial charge in [0, 0.05) is 12.3 Å². The zero-order chi connectivity index (χ0) is 12.8. The molecule has 0 aliphatic heterocycles. The van der Waals surface area contributed by atoms with Crippen LogP contribution in [-0.2, 0) is 9.16 Å². The largest absolute Gasteiger partial charge is 0.569 e. The molecule has 1 fully saturated rings. The molecule has 0 aromatic rings. The normalized spacial score (nSPS) is 30.1. The molecule has 2 nitrogen and oxygen atoms in total. The molecule has 0 unspecified atom stereocenters. The second-order valence-corrected chi connectivity index (χ2v) is 5.35. The molecular formula is C15H25O2+. The Morgan fingerprint density at radius 3 is 2.71 bits per heavy atom. The summed E-state index contributed by atoms with van der Waals surface area (Å²) >= 11 is 0. The van der Waals surface area contributed by atoms with Crippen molar-refractivity contribution < 1.29 is 9.16 Å². The standard InChI is InChI=1S/C15H25O2/c1-6-15(16-7-2)17-14-10-12(5)8-9-13(14)11(3)4/h1,11-14H,7-10H2,2-5H3/q+1/t12-,13+,14-/m1/s1. The van der Waals surface area contributed by atoms with Crippen LogP contribution in [0.4, 0.5) is 0 Å². The van der Waals surface area contributed by atoms with Crippen molar-refractivity contribution in [2.75, 3.05) is 6.61 Å². The molecule has 0 aromatic heterocycles. The third kappa shape index (κ3) is 4.07. The molecule has 0 heterocycles. The smallest absolute Gasteiger partial charge is 0.312 e. The number of carbonyl (C=O) groups excluding carboxylic acids is 1. The Hall–Kier alpha value is -0.970. The van der Waals surface area contributed by atoms with E-state index in [0.29, 0.717) is 24.4 Å². The number of rotatable bonds is 3. The van der Waals surface area contributed by atoms with Gasteiger partial charge in [0.05, 0.1) is 5.92 Å². The predicted molar refractivity (Wildman–Crippen MR) is 70.6 cm³/mol. The number of ether oxygens (including phenoxy) is 1. The molecule has 0 radical (unpaired) electrons. The maximum absolute atomic E-state index is 5.88. The average molecular weight is 237 g/mol. The fourth-order valence-electron chi connectivity index (χ4n) is 2.63. The second kappa shape index (κ2) is 6.69. The number of hydrogen-bond donors (Lipinski definition) is 0. The molecule has 96 valence electrons. The van der Waals surface area contributed by atoms with Crippen molar-refractivity contribution in [1.82, 2.24) is 0 Å². The van der Waals surface area contributed by atoms with Gasteiger partial charge in [-0.05, 0) is 31.6 Å². The van der Waals surface area contributed by atoms with E-state index in [1.807, 2.05) is 6.92 Å². The zero-order valence-corrected chi connectivity index (χ0v) is 11.5. The van der Waals surface area contributed by atoms with E-state index in [0.717, 1.165) is 12.3 Å². The van der Waals surface area contributed by atoms with Crippen molar-refractivity contribution in [3.63, 3.8) is 0 Å². The summed E-state index contributed by atoms with van der Waals surface area (Å²) in [4.78, 5) is 0. The van der Waals surface area contributed by atoms with Crippen LogP contribution in [0.3, 0.4) is 0 Å². The maximum atomic E-state index is 5.88. The molecule has 1 aliphatic carbocycles. The maximum Gasteiger partial charge on any atom is 0.569 e. The molecular weight excluding hydrogens is 212 g/mol. The summed E-state index contributed by atoms with van der Waals surface area (Å²) in [6.07, 6.45) is 9.22. The molecule has 0 saturated heterocycles. The highest BCUT2D eigenvalue weighted by Gasteiger charge is 2.37. The lowest BCUT2D eigenvalue weighted by atomic mass is 9.75. The van der Waals surface area contributed by atoms with Crippen LogP contribution in [0.2, 0.25) is 0 Å². The first-order chi connectivity index (χ1) is 8.08. The number of terminal acetylenes is 1. The Morgan fingerprint density at radius 2 is 2.18 bits per heavy atom. The van der Waals surface area contributed by atoms with Crippen LogP contribution in [-0.4, -0.2) is 18.7 Å². The molecule has 2 heteroatoms. The van der Waals surface area contributed by atoms with Crippen molar-refractivity contribution in [3.05, 3.63) is 0 Å². The van der Waals surface area contributed by atoms with Crippen molar-refractivity contribution in [2.24, 2.45) is 17.8 Å². The first-order valence-electron chi connectivity index (χ1n) is 6.71. The fourth-order valence-corrected chi connectivity index (χ4v) is 2.63. The zero-order valence-electron chi connectivity index (χ0n) is 11.5. The van der Waals surface area contributed by atoms with E-state index in [9.17, 15) is 0 Å². The van der Waals surface area contributed by atoms with Gasteiger partial charge in [0.1, 0.15) is 0 Å². The third-order valence-electron chi connectivity index (χ3n) is 3.61. The molecule has 0 N–H and O–H groups in total.